The van der Waals surface area contributed by atoms with Crippen LogP contribution < -0.4 is 5.73 Å². The minimum absolute atomic E-state index is 0.398. The van der Waals surface area contributed by atoms with Gasteiger partial charge in [0.25, 0.3) is 0 Å². The van der Waals surface area contributed by atoms with Crippen LogP contribution in [0.2, 0.25) is 0 Å². The lowest BCUT2D eigenvalue weighted by atomic mass is 9.65. The predicted octanol–water partition coefficient (Wildman–Crippen LogP) is 12.8. The van der Waals surface area contributed by atoms with E-state index in [1.165, 1.54) is 27.8 Å². The van der Waals surface area contributed by atoms with E-state index >= 15 is 0 Å². The molecule has 1 spiro atoms. The second-order valence-corrected chi connectivity index (χ2v) is 16.0. The molecule has 0 atom stereocenters. The van der Waals surface area contributed by atoms with Crippen LogP contribution in [0.25, 0.3) is 51.6 Å². The number of nitrogens with zero attached hydrogens (tertiary/aromatic N) is 5. The first-order chi connectivity index (χ1) is 31.5. The number of amidine groups is 2. The Hall–Kier alpha value is -8.09. The number of rotatable bonds is 9. The zero-order valence-corrected chi connectivity index (χ0v) is 35.9. The van der Waals surface area contributed by atoms with Gasteiger partial charge < -0.3 is 5.73 Å². The van der Waals surface area contributed by atoms with Crippen LogP contribution in [0.5, 0.6) is 0 Å². The Morgan fingerprint density at radius 3 is 1.78 bits per heavy atom. The molecule has 2 N–H and O–H groups in total. The van der Waals surface area contributed by atoms with Gasteiger partial charge in [0.2, 0.25) is 0 Å². The number of allylic oxidation sites excluding steroid dienone is 4. The first-order valence-electron chi connectivity index (χ1n) is 21.8. The van der Waals surface area contributed by atoms with Gasteiger partial charge in [0.1, 0.15) is 5.84 Å². The zero-order valence-electron chi connectivity index (χ0n) is 35.9. The molecular weight excluding hydrogens is 781 g/mol. The van der Waals surface area contributed by atoms with E-state index in [1.807, 2.05) is 85.8 Å². The van der Waals surface area contributed by atoms with E-state index in [0.717, 1.165) is 56.5 Å². The van der Waals surface area contributed by atoms with Crippen LogP contribution in [0.1, 0.15) is 76.2 Å². The molecule has 308 valence electrons. The monoisotopic (exact) mass is 826 g/mol. The topological polar surface area (TPSA) is 89.4 Å². The molecule has 1 heterocycles. The van der Waals surface area contributed by atoms with Gasteiger partial charge in [0, 0.05) is 27.8 Å². The molecule has 64 heavy (non-hydrogen) atoms. The summed E-state index contributed by atoms with van der Waals surface area (Å²) in [4.78, 5) is 25.5. The Morgan fingerprint density at radius 1 is 0.578 bits per heavy atom. The highest BCUT2D eigenvalue weighted by molar-refractivity contribution is 6.11. The normalized spacial score (nSPS) is 13.9. The van der Waals surface area contributed by atoms with Crippen molar-refractivity contribution >= 4 is 29.4 Å². The smallest absolute Gasteiger partial charge is 0.164 e. The summed E-state index contributed by atoms with van der Waals surface area (Å²) < 4.78 is 0. The summed E-state index contributed by atoms with van der Waals surface area (Å²) in [5, 5.41) is 0. The number of nitrogens with two attached hydrogens (primary N) is 1. The molecule has 6 nitrogen and oxygen atoms in total. The zero-order chi connectivity index (χ0) is 43.5. The van der Waals surface area contributed by atoms with Gasteiger partial charge in [0.05, 0.1) is 12.0 Å². The Labute approximate surface area is 374 Å². The number of aliphatic imine (C=N–C) groups is 2. The van der Waals surface area contributed by atoms with Crippen molar-refractivity contribution in [3.8, 4) is 33.9 Å². The van der Waals surface area contributed by atoms with Crippen molar-refractivity contribution in [3.63, 3.8) is 0 Å². The average Bonchev–Trinajstić information content (AvgIpc) is 3.57. The predicted molar refractivity (Wildman–Crippen MR) is 264 cm³/mol. The molecule has 0 saturated heterocycles. The van der Waals surface area contributed by atoms with Crippen LogP contribution in [0.4, 0.5) is 0 Å². The number of hydrogen-bond acceptors (Lipinski definition) is 4. The van der Waals surface area contributed by atoms with Crippen molar-refractivity contribution in [1.29, 1.82) is 0 Å². The van der Waals surface area contributed by atoms with E-state index < -0.39 is 5.41 Å². The fourth-order valence-corrected chi connectivity index (χ4v) is 9.10. The summed E-state index contributed by atoms with van der Waals surface area (Å²) in [5.74, 6) is 2.88. The highest BCUT2D eigenvalue weighted by Gasteiger charge is 2.48. The molecule has 0 amide bonds. The molecule has 1 aromatic heterocycles. The van der Waals surface area contributed by atoms with E-state index in [2.05, 4.69) is 134 Å². The Kier molecular flexibility index (Phi) is 10.8. The highest BCUT2D eigenvalue weighted by atomic mass is 15.0. The number of hydrogen-bond donors (Lipinski definition) is 1. The first-order valence-corrected chi connectivity index (χ1v) is 21.8. The third kappa shape index (κ3) is 7.29. The van der Waals surface area contributed by atoms with Crippen molar-refractivity contribution in [2.45, 2.75) is 32.2 Å². The van der Waals surface area contributed by atoms with Crippen molar-refractivity contribution in [3.05, 3.63) is 250 Å². The minimum atomic E-state index is -0.689. The summed E-state index contributed by atoms with van der Waals surface area (Å²) >= 11 is 0. The highest BCUT2D eigenvalue weighted by Crippen LogP contribution is 2.58. The molecule has 0 saturated carbocycles. The first kappa shape index (κ1) is 40.0. The van der Waals surface area contributed by atoms with Crippen molar-refractivity contribution in [1.82, 2.24) is 15.0 Å². The van der Waals surface area contributed by atoms with Gasteiger partial charge in [0.15, 0.2) is 23.3 Å². The Balaban J connectivity index is 1.18. The van der Waals surface area contributed by atoms with Gasteiger partial charge in [-0.3, -0.25) is 4.99 Å². The van der Waals surface area contributed by atoms with Crippen LogP contribution in [0, 0.1) is 0 Å². The number of fused-ring (bicyclic) bond motifs is 9. The van der Waals surface area contributed by atoms with E-state index in [9.17, 15) is 0 Å². The van der Waals surface area contributed by atoms with Crippen LogP contribution in [-0.4, -0.2) is 26.6 Å². The molecule has 7 aromatic carbocycles. The van der Waals surface area contributed by atoms with Gasteiger partial charge in [-0.1, -0.05) is 207 Å². The molecule has 0 fully saturated rings. The van der Waals surface area contributed by atoms with Crippen molar-refractivity contribution in [2.24, 2.45) is 15.7 Å². The molecular formula is C58H46N6. The number of aromatic nitrogens is 3. The third-order valence-corrected chi connectivity index (χ3v) is 12.1. The molecule has 2 aliphatic rings. The van der Waals surface area contributed by atoms with Crippen LogP contribution in [-0.2, 0) is 12.0 Å². The van der Waals surface area contributed by atoms with Crippen molar-refractivity contribution in [2.75, 3.05) is 0 Å². The summed E-state index contributed by atoms with van der Waals surface area (Å²) in [6, 6.07) is 61.2. The van der Waals surface area contributed by atoms with Gasteiger partial charge >= 0.3 is 0 Å². The fourth-order valence-electron chi connectivity index (χ4n) is 9.10. The molecule has 8 aromatic rings. The molecule has 0 unspecified atom stereocenters. The van der Waals surface area contributed by atoms with E-state index in [0.29, 0.717) is 35.7 Å². The van der Waals surface area contributed by atoms with Crippen LogP contribution >= 0.6 is 0 Å². The lowest BCUT2D eigenvalue weighted by molar-refractivity contribution is 0.763. The number of benzene rings is 7. The summed E-state index contributed by atoms with van der Waals surface area (Å²) in [7, 11) is 0. The van der Waals surface area contributed by atoms with Crippen LogP contribution in [0.15, 0.2) is 204 Å². The average molecular weight is 827 g/mol. The molecule has 6 heteroatoms. The lowest BCUT2D eigenvalue weighted by Gasteiger charge is -2.36. The lowest BCUT2D eigenvalue weighted by Crippen LogP contribution is -2.30. The van der Waals surface area contributed by atoms with Gasteiger partial charge in [-0.2, -0.15) is 0 Å². The maximum Gasteiger partial charge on any atom is 0.164 e. The van der Waals surface area contributed by atoms with Crippen LogP contribution in [0.3, 0.4) is 0 Å². The second-order valence-electron chi connectivity index (χ2n) is 16.0. The van der Waals surface area contributed by atoms with Crippen molar-refractivity contribution < 1.29 is 0 Å². The summed E-state index contributed by atoms with van der Waals surface area (Å²) in [6.45, 7) is 4.56. The molecule has 0 bridgehead atoms. The fraction of sp³-hybridized carbons (Fsp3) is 0.0862. The maximum atomic E-state index is 6.61. The molecule has 0 aliphatic heterocycles. The molecule has 10 rings (SSSR count). The Morgan fingerprint density at radius 2 is 1.14 bits per heavy atom. The standard InChI is InChI=1S/C58H46N6/c1-3-5-19-40(4-2)55-62-56(45-24-13-8-14-25-45)64-57(63-55)46-35-34-42-33-32-41-31-30-39(38-60-54(44-22-11-7-12-23-44)61-53(59)43-20-9-6-10-21-43)36-51(41)58(52(42)37-46)49-28-17-15-26-47(49)48-27-16-18-29-50(48)58/h4-37H,3,38H2,1-2H3,(H2,59,60,61)/b19-5-,40-4+. The van der Waals surface area contributed by atoms with E-state index in [4.69, 9.17) is 30.7 Å². The molecule has 0 radical (unpaired) electrons. The van der Waals surface area contributed by atoms with Gasteiger partial charge in [-0.05, 0) is 69.5 Å². The third-order valence-electron chi connectivity index (χ3n) is 12.1. The van der Waals surface area contributed by atoms with E-state index in [-0.39, 0.29) is 0 Å². The van der Waals surface area contributed by atoms with E-state index in [1.54, 1.807) is 0 Å². The summed E-state index contributed by atoms with van der Waals surface area (Å²) in [6.07, 6.45) is 11.7. The Bertz CT molecular complexity index is 3130. The minimum Gasteiger partial charge on any atom is -0.383 e. The molecule has 2 aliphatic carbocycles. The van der Waals surface area contributed by atoms with Gasteiger partial charge in [-0.15, -0.1) is 0 Å². The maximum absolute atomic E-state index is 6.61. The summed E-state index contributed by atoms with van der Waals surface area (Å²) in [5.41, 5.74) is 21.0. The largest absolute Gasteiger partial charge is 0.383 e. The van der Waals surface area contributed by atoms with Gasteiger partial charge in [-0.25, -0.2) is 19.9 Å². The second kappa shape index (κ2) is 17.3. The SMILES string of the molecule is C/C=C(\C=C/CC)c1nc(-c2ccccc2)nc(-c2ccc3c(c2)C2(c4cc(C/N=C(\N=C(/N)c5ccccc5)c5ccccc5)ccc4C=C3)c3ccccc3-c3ccccc32)n1. The quantitative estimate of drug-likeness (QED) is 0.0891.